The monoisotopic (exact) mass is 374 g/mol. The molecule has 2 aromatic rings. The van der Waals surface area contributed by atoms with Gasteiger partial charge in [-0.1, -0.05) is 11.2 Å². The lowest BCUT2D eigenvalue weighted by molar-refractivity contribution is 0.0543. The summed E-state index contributed by atoms with van der Waals surface area (Å²) in [6.45, 7) is 1.59. The topological polar surface area (TPSA) is 74.0 Å². The molecule has 0 aliphatic carbocycles. The number of likely N-dealkylation sites (tertiary alicyclic amines) is 1. The van der Waals surface area contributed by atoms with Crippen LogP contribution in [0.25, 0.3) is 0 Å². The largest absolute Gasteiger partial charge is 0.497 e. The second kappa shape index (κ2) is 9.41. The molecule has 0 saturated carbocycles. The van der Waals surface area contributed by atoms with E-state index in [0.717, 1.165) is 32.2 Å². The molecule has 1 amide bonds. The summed E-state index contributed by atoms with van der Waals surface area (Å²) in [5.41, 5.74) is 0.323. The molecule has 7 heteroatoms. The molecule has 1 aliphatic heterocycles. The van der Waals surface area contributed by atoms with Gasteiger partial charge in [0.05, 0.1) is 7.11 Å². The number of nitrogens with zero attached hydrogens (tertiary/aromatic N) is 2. The van der Waals surface area contributed by atoms with E-state index in [4.69, 9.17) is 18.7 Å². The van der Waals surface area contributed by atoms with Crippen LogP contribution >= 0.6 is 0 Å². The molecule has 0 radical (unpaired) electrons. The van der Waals surface area contributed by atoms with Crippen LogP contribution in [-0.4, -0.2) is 49.4 Å². The molecule has 0 spiro atoms. The van der Waals surface area contributed by atoms with Gasteiger partial charge in [0.25, 0.3) is 5.91 Å². The second-order valence-corrected chi connectivity index (χ2v) is 6.58. The summed E-state index contributed by atoms with van der Waals surface area (Å²) in [6.07, 6.45) is 3.99. The van der Waals surface area contributed by atoms with Crippen molar-refractivity contribution in [3.05, 3.63) is 41.8 Å². The normalized spacial score (nSPS) is 17.0. The molecule has 3 rings (SSSR count). The van der Waals surface area contributed by atoms with Crippen LogP contribution in [0.2, 0.25) is 0 Å². The number of hydrogen-bond donors (Lipinski definition) is 0. The molecule has 0 N–H and O–H groups in total. The summed E-state index contributed by atoms with van der Waals surface area (Å²) < 4.78 is 21.3. The highest BCUT2D eigenvalue weighted by atomic mass is 16.5. The summed E-state index contributed by atoms with van der Waals surface area (Å²) in [4.78, 5) is 14.7. The van der Waals surface area contributed by atoms with Crippen LogP contribution in [0.5, 0.6) is 11.5 Å². The lowest BCUT2D eigenvalue weighted by Gasteiger charge is -2.35. The van der Waals surface area contributed by atoms with Crippen molar-refractivity contribution < 1.29 is 23.5 Å². The van der Waals surface area contributed by atoms with E-state index in [2.05, 4.69) is 5.16 Å². The molecule has 1 atom stereocenters. The number of ether oxygens (including phenoxy) is 3. The van der Waals surface area contributed by atoms with E-state index in [1.54, 1.807) is 26.4 Å². The lowest BCUT2D eigenvalue weighted by atomic mass is 9.99. The molecule has 146 valence electrons. The fraction of sp³-hybridized carbons (Fsp3) is 0.500. The fourth-order valence-electron chi connectivity index (χ4n) is 3.30. The van der Waals surface area contributed by atoms with E-state index < -0.39 is 0 Å². The third-order valence-corrected chi connectivity index (χ3v) is 4.74. The van der Waals surface area contributed by atoms with Gasteiger partial charge in [0, 0.05) is 38.4 Å². The first-order chi connectivity index (χ1) is 13.2. The van der Waals surface area contributed by atoms with Gasteiger partial charge in [-0.3, -0.25) is 4.79 Å². The van der Waals surface area contributed by atoms with Crippen molar-refractivity contribution in [3.63, 3.8) is 0 Å². The van der Waals surface area contributed by atoms with Crippen molar-refractivity contribution in [1.29, 1.82) is 0 Å². The SMILES string of the molecule is COCC[C@@H]1CCCCN1C(=O)c1cc(COc2cccc(OC)c2)on1. The quantitative estimate of drug-likeness (QED) is 0.706. The zero-order valence-electron chi connectivity index (χ0n) is 15.8. The van der Waals surface area contributed by atoms with Gasteiger partial charge in [0.2, 0.25) is 0 Å². The average molecular weight is 374 g/mol. The molecule has 1 aromatic carbocycles. The molecule has 2 heterocycles. The van der Waals surface area contributed by atoms with Gasteiger partial charge in [-0.05, 0) is 37.8 Å². The maximum Gasteiger partial charge on any atom is 0.276 e. The maximum absolute atomic E-state index is 12.8. The molecule has 0 bridgehead atoms. The molecule has 7 nitrogen and oxygen atoms in total. The summed E-state index contributed by atoms with van der Waals surface area (Å²) in [5.74, 6) is 1.79. The first-order valence-electron chi connectivity index (χ1n) is 9.23. The van der Waals surface area contributed by atoms with Crippen molar-refractivity contribution in [3.8, 4) is 11.5 Å². The first-order valence-corrected chi connectivity index (χ1v) is 9.23. The third kappa shape index (κ3) is 5.01. The third-order valence-electron chi connectivity index (χ3n) is 4.74. The van der Waals surface area contributed by atoms with Gasteiger partial charge in [0.15, 0.2) is 11.5 Å². The molecule has 0 unspecified atom stereocenters. The Labute approximate surface area is 159 Å². The molecule has 27 heavy (non-hydrogen) atoms. The van der Waals surface area contributed by atoms with Crippen LogP contribution in [0.3, 0.4) is 0 Å². The van der Waals surface area contributed by atoms with E-state index in [1.807, 2.05) is 23.1 Å². The van der Waals surface area contributed by atoms with E-state index in [9.17, 15) is 4.79 Å². The van der Waals surface area contributed by atoms with Crippen LogP contribution in [0.4, 0.5) is 0 Å². The zero-order valence-corrected chi connectivity index (χ0v) is 15.8. The molecular weight excluding hydrogens is 348 g/mol. The maximum atomic E-state index is 12.8. The van der Waals surface area contributed by atoms with Gasteiger partial charge in [-0.2, -0.15) is 0 Å². The highest BCUT2D eigenvalue weighted by molar-refractivity contribution is 5.92. The van der Waals surface area contributed by atoms with E-state index in [1.165, 1.54) is 0 Å². The van der Waals surface area contributed by atoms with Crippen LogP contribution in [0, 0.1) is 0 Å². The van der Waals surface area contributed by atoms with Crippen molar-refractivity contribution >= 4 is 5.91 Å². The number of rotatable bonds is 8. The van der Waals surface area contributed by atoms with Gasteiger partial charge in [-0.15, -0.1) is 0 Å². The minimum atomic E-state index is -0.0906. The molecule has 1 aromatic heterocycles. The number of benzene rings is 1. The van der Waals surface area contributed by atoms with Gasteiger partial charge >= 0.3 is 0 Å². The summed E-state index contributed by atoms with van der Waals surface area (Å²) >= 11 is 0. The smallest absolute Gasteiger partial charge is 0.276 e. The van der Waals surface area contributed by atoms with Crippen molar-refractivity contribution in [1.82, 2.24) is 10.1 Å². The van der Waals surface area contributed by atoms with E-state index in [-0.39, 0.29) is 18.6 Å². The van der Waals surface area contributed by atoms with Crippen molar-refractivity contribution in [2.24, 2.45) is 0 Å². The predicted molar refractivity (Wildman–Crippen MR) is 99.0 cm³/mol. The molecule has 1 saturated heterocycles. The number of carbonyl (C=O) groups excluding carboxylic acids is 1. The number of methoxy groups -OCH3 is 2. The van der Waals surface area contributed by atoms with Gasteiger partial charge in [-0.25, -0.2) is 0 Å². The Hall–Kier alpha value is -2.54. The van der Waals surface area contributed by atoms with Crippen LogP contribution < -0.4 is 9.47 Å². The van der Waals surface area contributed by atoms with Gasteiger partial charge in [0.1, 0.15) is 18.1 Å². The average Bonchev–Trinajstić information content (AvgIpc) is 3.19. The number of carbonyl (C=O) groups is 1. The summed E-state index contributed by atoms with van der Waals surface area (Å²) in [6, 6.07) is 9.16. The lowest BCUT2D eigenvalue weighted by Crippen LogP contribution is -2.44. The van der Waals surface area contributed by atoms with Crippen LogP contribution in [0.1, 0.15) is 41.9 Å². The molecule has 1 fully saturated rings. The molecule has 1 aliphatic rings. The Morgan fingerprint density at radius 1 is 1.26 bits per heavy atom. The van der Waals surface area contributed by atoms with Crippen molar-refractivity contribution in [2.45, 2.75) is 38.3 Å². The predicted octanol–water partition coefficient (Wildman–Crippen LogP) is 3.29. The number of aromatic nitrogens is 1. The Morgan fingerprint density at radius 3 is 2.93 bits per heavy atom. The van der Waals surface area contributed by atoms with Crippen LogP contribution in [0.15, 0.2) is 34.9 Å². The Bertz CT molecular complexity index is 745. The first kappa shape index (κ1) is 19.2. The van der Waals surface area contributed by atoms with Crippen LogP contribution in [-0.2, 0) is 11.3 Å². The summed E-state index contributed by atoms with van der Waals surface area (Å²) in [7, 11) is 3.29. The highest BCUT2D eigenvalue weighted by Crippen LogP contribution is 2.23. The number of piperidine rings is 1. The van der Waals surface area contributed by atoms with Crippen molar-refractivity contribution in [2.75, 3.05) is 27.4 Å². The van der Waals surface area contributed by atoms with E-state index in [0.29, 0.717) is 29.6 Å². The Kier molecular flexibility index (Phi) is 6.70. The Balaban J connectivity index is 1.61. The standard InChI is InChI=1S/C20H26N2O5/c1-24-11-9-15-6-3-4-10-22(15)20(23)19-13-18(27-21-19)14-26-17-8-5-7-16(12-17)25-2/h5,7-8,12-13,15H,3-4,6,9-11,14H2,1-2H3/t15-/m0/s1. The highest BCUT2D eigenvalue weighted by Gasteiger charge is 2.29. The Morgan fingerprint density at radius 2 is 2.11 bits per heavy atom. The minimum Gasteiger partial charge on any atom is -0.497 e. The van der Waals surface area contributed by atoms with E-state index >= 15 is 0 Å². The number of amides is 1. The minimum absolute atomic E-state index is 0.0906. The number of hydrogen-bond acceptors (Lipinski definition) is 6. The zero-order chi connectivity index (χ0) is 19.1. The summed E-state index contributed by atoms with van der Waals surface area (Å²) in [5, 5.41) is 3.95. The second-order valence-electron chi connectivity index (χ2n) is 6.58. The molecular formula is C20H26N2O5. The fourth-order valence-corrected chi connectivity index (χ4v) is 3.30. The van der Waals surface area contributed by atoms with Gasteiger partial charge < -0.3 is 23.6 Å².